The molecule has 0 heterocycles. The lowest BCUT2D eigenvalue weighted by Crippen LogP contribution is -2.30. The van der Waals surface area contributed by atoms with Crippen molar-refractivity contribution in [2.45, 2.75) is 44.9 Å². The summed E-state index contributed by atoms with van der Waals surface area (Å²) in [6, 6.07) is 7.24. The molecule has 0 saturated heterocycles. The van der Waals surface area contributed by atoms with Crippen molar-refractivity contribution < 1.29 is 21.6 Å². The lowest BCUT2D eigenvalue weighted by Gasteiger charge is -2.17. The van der Waals surface area contributed by atoms with Crippen LogP contribution in [0.4, 0.5) is 0 Å². The summed E-state index contributed by atoms with van der Waals surface area (Å²) in [5.74, 6) is 1.32. The summed E-state index contributed by atoms with van der Waals surface area (Å²) in [4.78, 5) is 0. The van der Waals surface area contributed by atoms with Crippen LogP contribution in [0.2, 0.25) is 0 Å². The molecule has 0 aromatic heterocycles. The second-order valence-corrected chi connectivity index (χ2v) is 11.5. The zero-order valence-corrected chi connectivity index (χ0v) is 18.4. The molecule has 2 aliphatic carbocycles. The first-order chi connectivity index (χ1) is 13.5. The highest BCUT2D eigenvalue weighted by atomic mass is 32.2. The molecule has 2 N–H and O–H groups in total. The van der Waals surface area contributed by atoms with E-state index in [0.717, 1.165) is 35.1 Å². The van der Waals surface area contributed by atoms with Crippen molar-refractivity contribution in [2.24, 2.45) is 0 Å². The van der Waals surface area contributed by atoms with Crippen molar-refractivity contribution >= 4 is 20.0 Å². The first-order valence-electron chi connectivity index (χ1n) is 9.40. The van der Waals surface area contributed by atoms with Crippen molar-refractivity contribution in [3.8, 4) is 5.75 Å². The normalized spacial score (nSPS) is 17.1. The van der Waals surface area contributed by atoms with Gasteiger partial charge in [0.25, 0.3) is 0 Å². The monoisotopic (exact) mass is 438 g/mol. The van der Waals surface area contributed by atoms with Crippen LogP contribution in [0.15, 0.2) is 59.0 Å². The van der Waals surface area contributed by atoms with Crippen molar-refractivity contribution in [3.05, 3.63) is 64.6 Å². The summed E-state index contributed by atoms with van der Waals surface area (Å²) in [6.07, 6.45) is 7.03. The van der Waals surface area contributed by atoms with Gasteiger partial charge in [0, 0.05) is 12.2 Å². The van der Waals surface area contributed by atoms with Crippen molar-refractivity contribution in [3.63, 3.8) is 0 Å². The van der Waals surface area contributed by atoms with E-state index in [1.54, 1.807) is 19.9 Å². The molecule has 0 amide bonds. The van der Waals surface area contributed by atoms with E-state index in [1.165, 1.54) is 0 Å². The number of fused-ring (bicyclic) bond motifs is 1. The quantitative estimate of drug-likeness (QED) is 0.650. The van der Waals surface area contributed by atoms with Gasteiger partial charge in [-0.25, -0.2) is 21.6 Å². The van der Waals surface area contributed by atoms with Crippen LogP contribution in [0.1, 0.15) is 38.7 Å². The smallest absolute Gasteiger partial charge is 0.234 e. The van der Waals surface area contributed by atoms with E-state index in [-0.39, 0.29) is 6.54 Å². The molecule has 0 aliphatic heterocycles. The predicted molar refractivity (Wildman–Crippen MR) is 113 cm³/mol. The molecule has 1 aromatic carbocycles. The van der Waals surface area contributed by atoms with Gasteiger partial charge in [0.2, 0.25) is 20.0 Å². The fraction of sp³-hybridized carbons (Fsp3) is 0.400. The van der Waals surface area contributed by atoms with E-state index < -0.39 is 25.3 Å². The van der Waals surface area contributed by atoms with Crippen LogP contribution < -0.4 is 14.2 Å². The number of sulfonamides is 2. The van der Waals surface area contributed by atoms with E-state index >= 15 is 0 Å². The molecule has 0 bridgehead atoms. The van der Waals surface area contributed by atoms with Crippen LogP contribution >= 0.6 is 0 Å². The molecule has 2 aliphatic rings. The summed E-state index contributed by atoms with van der Waals surface area (Å²) in [5, 5.41) is -0.480. The first kappa shape index (κ1) is 21.6. The molecule has 0 spiro atoms. The molecule has 7 nitrogen and oxygen atoms in total. The Morgan fingerprint density at radius 3 is 2.59 bits per heavy atom. The van der Waals surface area contributed by atoms with E-state index in [0.29, 0.717) is 24.4 Å². The third-order valence-electron chi connectivity index (χ3n) is 4.78. The topological polar surface area (TPSA) is 102 Å². The maximum atomic E-state index is 12.2. The van der Waals surface area contributed by atoms with Crippen LogP contribution in [-0.2, 0) is 26.6 Å². The minimum atomic E-state index is -3.35. The molecule has 0 fully saturated rings. The number of hydrogen-bond donors (Lipinski definition) is 2. The minimum Gasteiger partial charge on any atom is -0.458 e. The number of allylic oxidation sites excluding steroid dienone is 5. The summed E-state index contributed by atoms with van der Waals surface area (Å²) < 4.78 is 58.0. The Labute approximate surface area is 172 Å². The zero-order chi connectivity index (χ0) is 21.2. The van der Waals surface area contributed by atoms with Gasteiger partial charge >= 0.3 is 0 Å². The Hall–Kier alpha value is -2.10. The predicted octanol–water partition coefficient (Wildman–Crippen LogP) is 2.70. The average Bonchev–Trinajstić information content (AvgIpc) is 3.01. The maximum absolute atomic E-state index is 12.2. The lowest BCUT2D eigenvalue weighted by atomic mass is 10.00. The van der Waals surface area contributed by atoms with Crippen LogP contribution in [-0.4, -0.2) is 28.3 Å². The van der Waals surface area contributed by atoms with Crippen molar-refractivity contribution in [1.82, 2.24) is 9.44 Å². The Balaban J connectivity index is 1.70. The van der Waals surface area contributed by atoms with Crippen molar-refractivity contribution in [1.29, 1.82) is 0 Å². The second kappa shape index (κ2) is 8.33. The van der Waals surface area contributed by atoms with Gasteiger partial charge in [0.1, 0.15) is 11.5 Å². The third kappa shape index (κ3) is 5.71. The Morgan fingerprint density at radius 2 is 1.90 bits per heavy atom. The molecule has 0 radical (unpaired) electrons. The van der Waals surface area contributed by atoms with Gasteiger partial charge < -0.3 is 4.74 Å². The molecule has 0 unspecified atom stereocenters. The van der Waals surface area contributed by atoms with E-state index in [4.69, 9.17) is 4.74 Å². The largest absolute Gasteiger partial charge is 0.458 e. The van der Waals surface area contributed by atoms with Gasteiger partial charge in [-0.2, -0.15) is 0 Å². The zero-order valence-electron chi connectivity index (χ0n) is 16.7. The molecule has 1 aromatic rings. The molecule has 0 atom stereocenters. The first-order valence-corrected chi connectivity index (χ1v) is 12.8. The lowest BCUT2D eigenvalue weighted by molar-refractivity contribution is 0.439. The summed E-state index contributed by atoms with van der Waals surface area (Å²) in [6.45, 7) is 3.51. The van der Waals surface area contributed by atoms with Gasteiger partial charge in [-0.3, -0.25) is 4.72 Å². The standard InChI is InChI=1S/C20H26N2O5S2/c1-14(2)29(25,26)22-20-10-7-16-12-18(8-9-19(16)20)27-17-6-4-5-15(11-17)13-21-28(3,23)24/h4-6,8,11-12,14,21-22H,7,9-10,13H2,1-3H3. The Bertz CT molecular complexity index is 1100. The summed E-state index contributed by atoms with van der Waals surface area (Å²) >= 11 is 0. The van der Waals surface area contributed by atoms with Gasteiger partial charge in [0.15, 0.2) is 0 Å². The highest BCUT2D eigenvalue weighted by Gasteiger charge is 2.26. The SMILES string of the molecule is CC(C)S(=O)(=O)NC1=C2CC=C(Oc3cccc(CNS(C)(=O)=O)c3)C=C2CC1. The number of hydrogen-bond acceptors (Lipinski definition) is 5. The molecule has 9 heteroatoms. The molecular weight excluding hydrogens is 412 g/mol. The van der Waals surface area contributed by atoms with Crippen LogP contribution in [0, 0.1) is 0 Å². The molecule has 158 valence electrons. The highest BCUT2D eigenvalue weighted by Crippen LogP contribution is 2.37. The van der Waals surface area contributed by atoms with Gasteiger partial charge in [-0.1, -0.05) is 12.1 Å². The van der Waals surface area contributed by atoms with Crippen LogP contribution in [0.5, 0.6) is 5.75 Å². The fourth-order valence-electron chi connectivity index (χ4n) is 3.14. The second-order valence-electron chi connectivity index (χ2n) is 7.48. The number of benzene rings is 1. The van der Waals surface area contributed by atoms with E-state index in [2.05, 4.69) is 9.44 Å². The van der Waals surface area contributed by atoms with Crippen molar-refractivity contribution in [2.75, 3.05) is 6.26 Å². The fourth-order valence-corrected chi connectivity index (χ4v) is 4.38. The van der Waals surface area contributed by atoms with Crippen LogP contribution in [0.3, 0.4) is 0 Å². The van der Waals surface area contributed by atoms with Crippen LogP contribution in [0.25, 0.3) is 0 Å². The van der Waals surface area contributed by atoms with E-state index in [1.807, 2.05) is 30.4 Å². The molecular formula is C20H26N2O5S2. The summed E-state index contributed by atoms with van der Waals surface area (Å²) in [7, 11) is -6.61. The maximum Gasteiger partial charge on any atom is 0.234 e. The Kier molecular flexibility index (Phi) is 6.21. The van der Waals surface area contributed by atoms with Gasteiger partial charge in [-0.15, -0.1) is 0 Å². The van der Waals surface area contributed by atoms with E-state index in [9.17, 15) is 16.8 Å². The average molecular weight is 439 g/mol. The molecule has 0 saturated carbocycles. The Morgan fingerprint density at radius 1 is 1.14 bits per heavy atom. The molecule has 29 heavy (non-hydrogen) atoms. The molecule has 3 rings (SSSR count). The third-order valence-corrected chi connectivity index (χ3v) is 7.22. The summed E-state index contributed by atoms with van der Waals surface area (Å²) in [5.41, 5.74) is 3.67. The minimum absolute atomic E-state index is 0.197. The number of ether oxygens (including phenoxy) is 1. The number of nitrogens with one attached hydrogen (secondary N) is 2. The number of rotatable bonds is 8. The van der Waals surface area contributed by atoms with Gasteiger partial charge in [0.05, 0.1) is 11.5 Å². The highest BCUT2D eigenvalue weighted by molar-refractivity contribution is 7.90. The van der Waals surface area contributed by atoms with Gasteiger partial charge in [-0.05, 0) is 74.1 Å².